The highest BCUT2D eigenvalue weighted by atomic mass is 16.4. The Labute approximate surface area is 119 Å². The summed E-state index contributed by atoms with van der Waals surface area (Å²) in [6.45, 7) is 5.24. The molecule has 0 aliphatic heterocycles. The summed E-state index contributed by atoms with van der Waals surface area (Å²) in [5, 5.41) is 11.5. The zero-order valence-electron chi connectivity index (χ0n) is 12.1. The Morgan fingerprint density at radius 2 is 2.05 bits per heavy atom. The first-order valence-electron chi connectivity index (χ1n) is 6.83. The van der Waals surface area contributed by atoms with E-state index in [9.17, 15) is 9.59 Å². The Balaban J connectivity index is 2.15. The predicted molar refractivity (Wildman–Crippen MR) is 75.1 cm³/mol. The first kappa shape index (κ1) is 16.2. The number of aryl methyl sites for hydroxylation is 1. The lowest BCUT2D eigenvalue weighted by atomic mass is 9.84. The Hall–Kier alpha value is -1.85. The first-order chi connectivity index (χ1) is 9.39. The summed E-state index contributed by atoms with van der Waals surface area (Å²) in [6.07, 6.45) is 7.17. The maximum atomic E-state index is 11.7. The van der Waals surface area contributed by atoms with Crippen LogP contribution < -0.4 is 5.32 Å². The van der Waals surface area contributed by atoms with E-state index in [0.717, 1.165) is 6.42 Å². The largest absolute Gasteiger partial charge is 0.481 e. The van der Waals surface area contributed by atoms with Crippen molar-refractivity contribution in [1.29, 1.82) is 0 Å². The van der Waals surface area contributed by atoms with Gasteiger partial charge in [-0.05, 0) is 18.3 Å². The highest BCUT2D eigenvalue weighted by Gasteiger charge is 2.19. The lowest BCUT2D eigenvalue weighted by Crippen LogP contribution is -2.29. The van der Waals surface area contributed by atoms with Crippen LogP contribution in [0.3, 0.4) is 0 Å². The molecule has 112 valence electrons. The standard InChI is InChI=1S/C14H23N3O3/c1-14(2,5-3-13(19)20)6-7-16-12(18)4-9-17-10-8-15-11-17/h8,10-11H,3-7,9H2,1-2H3,(H,16,18)(H,19,20). The van der Waals surface area contributed by atoms with Crippen LogP contribution in [-0.2, 0) is 16.1 Å². The van der Waals surface area contributed by atoms with Gasteiger partial charge >= 0.3 is 5.97 Å². The molecular weight excluding hydrogens is 258 g/mol. The van der Waals surface area contributed by atoms with Gasteiger partial charge in [-0.1, -0.05) is 13.8 Å². The van der Waals surface area contributed by atoms with Gasteiger partial charge in [0, 0.05) is 38.3 Å². The molecule has 1 aromatic heterocycles. The van der Waals surface area contributed by atoms with Crippen LogP contribution in [0.2, 0.25) is 0 Å². The zero-order chi connectivity index (χ0) is 15.0. The fraction of sp³-hybridized carbons (Fsp3) is 0.643. The summed E-state index contributed by atoms with van der Waals surface area (Å²) in [6, 6.07) is 0. The Kier molecular flexibility index (Phi) is 6.21. The van der Waals surface area contributed by atoms with Gasteiger partial charge in [0.05, 0.1) is 6.33 Å². The number of aliphatic carboxylic acids is 1. The molecule has 1 aromatic rings. The smallest absolute Gasteiger partial charge is 0.303 e. The van der Waals surface area contributed by atoms with Gasteiger partial charge in [0.2, 0.25) is 5.91 Å². The van der Waals surface area contributed by atoms with Crippen molar-refractivity contribution in [2.75, 3.05) is 6.54 Å². The predicted octanol–water partition coefficient (Wildman–Crippen LogP) is 1.67. The van der Waals surface area contributed by atoms with Crippen molar-refractivity contribution >= 4 is 11.9 Å². The summed E-state index contributed by atoms with van der Waals surface area (Å²) in [7, 11) is 0. The van der Waals surface area contributed by atoms with E-state index in [2.05, 4.69) is 10.3 Å². The number of carbonyl (C=O) groups excluding carboxylic acids is 1. The van der Waals surface area contributed by atoms with Crippen molar-refractivity contribution < 1.29 is 14.7 Å². The SMILES string of the molecule is CC(C)(CCNC(=O)CCn1ccnc1)CCC(=O)O. The van der Waals surface area contributed by atoms with Crippen molar-refractivity contribution in [1.82, 2.24) is 14.9 Å². The van der Waals surface area contributed by atoms with Crippen LogP contribution in [0, 0.1) is 5.41 Å². The van der Waals surface area contributed by atoms with E-state index < -0.39 is 5.97 Å². The number of hydrogen-bond acceptors (Lipinski definition) is 3. The van der Waals surface area contributed by atoms with Crippen molar-refractivity contribution in [3.05, 3.63) is 18.7 Å². The van der Waals surface area contributed by atoms with Crippen LogP contribution in [0.15, 0.2) is 18.7 Å². The molecule has 0 spiro atoms. The number of carbonyl (C=O) groups is 2. The molecular formula is C14H23N3O3. The molecule has 0 bridgehead atoms. The highest BCUT2D eigenvalue weighted by molar-refractivity contribution is 5.75. The van der Waals surface area contributed by atoms with Crippen molar-refractivity contribution in [3.8, 4) is 0 Å². The van der Waals surface area contributed by atoms with Gasteiger partial charge in [-0.2, -0.15) is 0 Å². The second kappa shape index (κ2) is 7.67. The minimum Gasteiger partial charge on any atom is -0.481 e. The van der Waals surface area contributed by atoms with E-state index in [0.29, 0.717) is 25.9 Å². The lowest BCUT2D eigenvalue weighted by molar-refractivity contribution is -0.137. The third-order valence-corrected chi connectivity index (χ3v) is 3.30. The average Bonchev–Trinajstić information content (AvgIpc) is 2.87. The maximum Gasteiger partial charge on any atom is 0.303 e. The molecule has 0 unspecified atom stereocenters. The van der Waals surface area contributed by atoms with Gasteiger partial charge in [0.25, 0.3) is 0 Å². The average molecular weight is 281 g/mol. The van der Waals surface area contributed by atoms with Gasteiger partial charge in [-0.3, -0.25) is 9.59 Å². The lowest BCUT2D eigenvalue weighted by Gasteiger charge is -2.23. The topological polar surface area (TPSA) is 84.2 Å². The summed E-state index contributed by atoms with van der Waals surface area (Å²) in [5.74, 6) is -0.768. The summed E-state index contributed by atoms with van der Waals surface area (Å²) >= 11 is 0. The van der Waals surface area contributed by atoms with Gasteiger partial charge in [-0.25, -0.2) is 4.98 Å². The number of nitrogens with zero attached hydrogens (tertiary/aromatic N) is 2. The second-order valence-electron chi connectivity index (χ2n) is 5.71. The van der Waals surface area contributed by atoms with Gasteiger partial charge in [-0.15, -0.1) is 0 Å². The van der Waals surface area contributed by atoms with Crippen LogP contribution >= 0.6 is 0 Å². The van der Waals surface area contributed by atoms with Crippen molar-refractivity contribution in [3.63, 3.8) is 0 Å². The first-order valence-corrected chi connectivity index (χ1v) is 6.83. The van der Waals surface area contributed by atoms with Crippen molar-refractivity contribution in [2.45, 2.75) is 46.1 Å². The number of rotatable bonds is 9. The zero-order valence-corrected chi connectivity index (χ0v) is 12.1. The third kappa shape index (κ3) is 6.92. The molecule has 0 saturated heterocycles. The number of hydrogen-bond donors (Lipinski definition) is 2. The molecule has 0 radical (unpaired) electrons. The van der Waals surface area contributed by atoms with E-state index in [1.54, 1.807) is 12.5 Å². The second-order valence-corrected chi connectivity index (χ2v) is 5.71. The van der Waals surface area contributed by atoms with Gasteiger partial charge < -0.3 is 15.0 Å². The molecule has 0 aliphatic carbocycles. The molecule has 0 aliphatic rings. The number of amides is 1. The third-order valence-electron chi connectivity index (χ3n) is 3.30. The number of nitrogens with one attached hydrogen (secondary N) is 1. The Bertz CT molecular complexity index is 427. The molecule has 1 heterocycles. The van der Waals surface area contributed by atoms with Gasteiger partial charge in [0.15, 0.2) is 0 Å². The monoisotopic (exact) mass is 281 g/mol. The normalized spacial score (nSPS) is 11.3. The summed E-state index contributed by atoms with van der Waals surface area (Å²) in [5.41, 5.74) is -0.0734. The maximum absolute atomic E-state index is 11.7. The Morgan fingerprint density at radius 3 is 2.65 bits per heavy atom. The molecule has 0 aromatic carbocycles. The minimum atomic E-state index is -0.776. The molecule has 6 heteroatoms. The van der Waals surface area contributed by atoms with Crippen LogP contribution in [0.4, 0.5) is 0 Å². The van der Waals surface area contributed by atoms with E-state index in [1.165, 1.54) is 0 Å². The molecule has 20 heavy (non-hydrogen) atoms. The van der Waals surface area contributed by atoms with E-state index in [-0.39, 0.29) is 17.7 Å². The van der Waals surface area contributed by atoms with Crippen LogP contribution in [0.5, 0.6) is 0 Å². The summed E-state index contributed by atoms with van der Waals surface area (Å²) in [4.78, 5) is 26.1. The molecule has 0 atom stereocenters. The number of carboxylic acid groups (broad SMARTS) is 1. The molecule has 1 rings (SSSR count). The van der Waals surface area contributed by atoms with E-state index in [1.807, 2.05) is 24.6 Å². The molecule has 2 N–H and O–H groups in total. The number of aromatic nitrogens is 2. The molecule has 1 amide bonds. The molecule has 0 saturated carbocycles. The van der Waals surface area contributed by atoms with E-state index >= 15 is 0 Å². The van der Waals surface area contributed by atoms with Crippen molar-refractivity contribution in [2.24, 2.45) is 5.41 Å². The van der Waals surface area contributed by atoms with Crippen LogP contribution in [0.1, 0.15) is 39.5 Å². The molecule has 0 fully saturated rings. The van der Waals surface area contributed by atoms with Crippen LogP contribution in [-0.4, -0.2) is 33.1 Å². The number of carboxylic acids is 1. The quantitative estimate of drug-likeness (QED) is 0.721. The summed E-state index contributed by atoms with van der Waals surface area (Å²) < 4.78 is 1.86. The fourth-order valence-corrected chi connectivity index (χ4v) is 1.85. The van der Waals surface area contributed by atoms with Crippen LogP contribution in [0.25, 0.3) is 0 Å². The Morgan fingerprint density at radius 1 is 1.30 bits per heavy atom. The van der Waals surface area contributed by atoms with Gasteiger partial charge in [0.1, 0.15) is 0 Å². The molecule has 6 nitrogen and oxygen atoms in total. The highest BCUT2D eigenvalue weighted by Crippen LogP contribution is 2.25. The van der Waals surface area contributed by atoms with E-state index in [4.69, 9.17) is 5.11 Å². The fourth-order valence-electron chi connectivity index (χ4n) is 1.85. The minimum absolute atomic E-state index is 0.00716. The number of imidazole rings is 1.